The van der Waals surface area contributed by atoms with E-state index in [1.807, 2.05) is 54.7 Å². The van der Waals surface area contributed by atoms with E-state index >= 15 is 0 Å². The normalized spacial score (nSPS) is 19.5. The van der Waals surface area contributed by atoms with Crippen molar-refractivity contribution < 1.29 is 9.53 Å². The standard InChI is InChI=1S/C18H23N3O2/c1-15(23-13-16-6-3-2-4-7-16)18(22)20-10-5-8-17(12-20)21-11-9-19-14-21/h2-4,6-7,9,11,14-15,17H,5,8,10,12-13H2,1H3/t15-,17+/m1/s1. The maximum absolute atomic E-state index is 12.6. The Labute approximate surface area is 136 Å². The lowest BCUT2D eigenvalue weighted by molar-refractivity contribution is -0.145. The summed E-state index contributed by atoms with van der Waals surface area (Å²) in [5, 5.41) is 0. The van der Waals surface area contributed by atoms with Gasteiger partial charge in [0.05, 0.1) is 19.0 Å². The van der Waals surface area contributed by atoms with E-state index in [4.69, 9.17) is 4.74 Å². The average molecular weight is 313 g/mol. The van der Waals surface area contributed by atoms with Crippen LogP contribution >= 0.6 is 0 Å². The van der Waals surface area contributed by atoms with Crippen molar-refractivity contribution in [3.63, 3.8) is 0 Å². The summed E-state index contributed by atoms with van der Waals surface area (Å²) in [5.74, 6) is 0.0748. The largest absolute Gasteiger partial charge is 0.364 e. The van der Waals surface area contributed by atoms with Gasteiger partial charge in [-0.1, -0.05) is 30.3 Å². The van der Waals surface area contributed by atoms with Gasteiger partial charge in [0, 0.05) is 25.5 Å². The van der Waals surface area contributed by atoms with E-state index in [0.717, 1.165) is 31.5 Å². The molecular weight excluding hydrogens is 290 g/mol. The molecule has 0 radical (unpaired) electrons. The van der Waals surface area contributed by atoms with Gasteiger partial charge in [0.1, 0.15) is 6.10 Å². The van der Waals surface area contributed by atoms with Crippen molar-refractivity contribution in [3.8, 4) is 0 Å². The molecule has 0 unspecified atom stereocenters. The van der Waals surface area contributed by atoms with Crippen LogP contribution in [0.3, 0.4) is 0 Å². The number of likely N-dealkylation sites (tertiary alicyclic amines) is 1. The molecule has 0 saturated carbocycles. The van der Waals surface area contributed by atoms with Crippen LogP contribution in [0.25, 0.3) is 0 Å². The van der Waals surface area contributed by atoms with Crippen molar-refractivity contribution in [2.45, 2.75) is 38.5 Å². The van der Waals surface area contributed by atoms with E-state index < -0.39 is 6.10 Å². The Hall–Kier alpha value is -2.14. The van der Waals surface area contributed by atoms with Crippen LogP contribution in [0, 0.1) is 0 Å². The van der Waals surface area contributed by atoms with Crippen molar-refractivity contribution in [2.24, 2.45) is 0 Å². The van der Waals surface area contributed by atoms with Crippen LogP contribution in [0.5, 0.6) is 0 Å². The van der Waals surface area contributed by atoms with Crippen LogP contribution < -0.4 is 0 Å². The summed E-state index contributed by atoms with van der Waals surface area (Å²) in [7, 11) is 0. The number of benzene rings is 1. The Morgan fingerprint density at radius 2 is 2.22 bits per heavy atom. The number of ether oxygens (including phenoxy) is 1. The Morgan fingerprint density at radius 1 is 1.39 bits per heavy atom. The van der Waals surface area contributed by atoms with Gasteiger partial charge in [-0.2, -0.15) is 0 Å². The van der Waals surface area contributed by atoms with Crippen LogP contribution in [0.1, 0.15) is 31.4 Å². The third-order valence-corrected chi connectivity index (χ3v) is 4.35. The Bertz CT molecular complexity index is 612. The third kappa shape index (κ3) is 3.99. The van der Waals surface area contributed by atoms with Crippen molar-refractivity contribution in [3.05, 3.63) is 54.6 Å². The Kier molecular flexibility index (Phi) is 5.08. The van der Waals surface area contributed by atoms with Crippen LogP contribution in [0.4, 0.5) is 0 Å². The van der Waals surface area contributed by atoms with Crippen LogP contribution in [0.15, 0.2) is 49.1 Å². The van der Waals surface area contributed by atoms with E-state index in [-0.39, 0.29) is 5.91 Å². The maximum Gasteiger partial charge on any atom is 0.251 e. The van der Waals surface area contributed by atoms with E-state index in [1.54, 1.807) is 6.20 Å². The number of hydrogen-bond donors (Lipinski definition) is 0. The fourth-order valence-electron chi connectivity index (χ4n) is 3.01. The van der Waals surface area contributed by atoms with Crippen molar-refractivity contribution in [2.75, 3.05) is 13.1 Å². The molecular formula is C18H23N3O2. The van der Waals surface area contributed by atoms with Gasteiger partial charge >= 0.3 is 0 Å². The fourth-order valence-corrected chi connectivity index (χ4v) is 3.01. The summed E-state index contributed by atoms with van der Waals surface area (Å²) in [4.78, 5) is 18.6. The van der Waals surface area contributed by atoms with Crippen LogP contribution in [0.2, 0.25) is 0 Å². The number of piperidine rings is 1. The summed E-state index contributed by atoms with van der Waals surface area (Å²) in [5.41, 5.74) is 1.09. The molecule has 3 rings (SSSR count). The fraction of sp³-hybridized carbons (Fsp3) is 0.444. The topological polar surface area (TPSA) is 47.4 Å². The molecule has 5 nitrogen and oxygen atoms in total. The monoisotopic (exact) mass is 313 g/mol. The van der Waals surface area contributed by atoms with Gasteiger partial charge in [-0.3, -0.25) is 4.79 Å². The SMILES string of the molecule is C[C@@H](OCc1ccccc1)C(=O)N1CCC[C@H](n2ccnc2)C1. The zero-order valence-electron chi connectivity index (χ0n) is 13.5. The first-order chi connectivity index (χ1) is 11.2. The quantitative estimate of drug-likeness (QED) is 0.852. The van der Waals surface area contributed by atoms with Gasteiger partial charge in [-0.05, 0) is 25.3 Å². The molecule has 1 saturated heterocycles. The van der Waals surface area contributed by atoms with Gasteiger partial charge in [-0.25, -0.2) is 4.98 Å². The number of carbonyl (C=O) groups is 1. The highest BCUT2D eigenvalue weighted by Crippen LogP contribution is 2.22. The van der Waals surface area contributed by atoms with Crippen LogP contribution in [-0.4, -0.2) is 39.6 Å². The van der Waals surface area contributed by atoms with Gasteiger partial charge in [0.15, 0.2) is 0 Å². The van der Waals surface area contributed by atoms with Crippen LogP contribution in [-0.2, 0) is 16.1 Å². The number of hydrogen-bond acceptors (Lipinski definition) is 3. The van der Waals surface area contributed by atoms with E-state index in [1.165, 1.54) is 0 Å². The summed E-state index contributed by atoms with van der Waals surface area (Å²) in [6.45, 7) is 3.84. The predicted molar refractivity (Wildman–Crippen MR) is 87.8 cm³/mol. The van der Waals surface area contributed by atoms with E-state index in [2.05, 4.69) is 9.55 Å². The first-order valence-corrected chi connectivity index (χ1v) is 8.16. The highest BCUT2D eigenvalue weighted by Gasteiger charge is 2.27. The van der Waals surface area contributed by atoms with Gasteiger partial charge in [0.25, 0.3) is 5.91 Å². The van der Waals surface area contributed by atoms with Gasteiger partial charge < -0.3 is 14.2 Å². The smallest absolute Gasteiger partial charge is 0.251 e. The summed E-state index contributed by atoms with van der Waals surface area (Å²) < 4.78 is 7.85. The molecule has 1 amide bonds. The average Bonchev–Trinajstić information content (AvgIpc) is 3.15. The van der Waals surface area contributed by atoms with E-state index in [0.29, 0.717) is 12.6 Å². The highest BCUT2D eigenvalue weighted by atomic mass is 16.5. The molecule has 0 aliphatic carbocycles. The molecule has 1 aliphatic heterocycles. The zero-order valence-corrected chi connectivity index (χ0v) is 13.5. The van der Waals surface area contributed by atoms with Gasteiger partial charge in [-0.15, -0.1) is 0 Å². The molecule has 1 aliphatic rings. The summed E-state index contributed by atoms with van der Waals surface area (Å²) in [6.07, 6.45) is 7.25. The summed E-state index contributed by atoms with van der Waals surface area (Å²) in [6, 6.07) is 10.3. The minimum Gasteiger partial charge on any atom is -0.364 e. The molecule has 2 atom stereocenters. The lowest BCUT2D eigenvalue weighted by atomic mass is 10.0. The Balaban J connectivity index is 1.54. The molecule has 122 valence electrons. The highest BCUT2D eigenvalue weighted by molar-refractivity contribution is 5.80. The molecule has 0 bridgehead atoms. The first kappa shape index (κ1) is 15.7. The summed E-state index contributed by atoms with van der Waals surface area (Å²) >= 11 is 0. The molecule has 23 heavy (non-hydrogen) atoms. The minimum absolute atomic E-state index is 0.0748. The van der Waals surface area contributed by atoms with Gasteiger partial charge in [0.2, 0.25) is 0 Å². The van der Waals surface area contributed by atoms with E-state index in [9.17, 15) is 4.79 Å². The third-order valence-electron chi connectivity index (χ3n) is 4.35. The lowest BCUT2D eigenvalue weighted by Gasteiger charge is -2.34. The number of rotatable bonds is 5. The predicted octanol–water partition coefficient (Wildman–Crippen LogP) is 2.65. The molecule has 1 aromatic carbocycles. The molecule has 0 spiro atoms. The maximum atomic E-state index is 12.6. The molecule has 2 aromatic rings. The Morgan fingerprint density at radius 3 is 2.96 bits per heavy atom. The first-order valence-electron chi connectivity index (χ1n) is 8.16. The number of imidazole rings is 1. The molecule has 0 N–H and O–H groups in total. The zero-order chi connectivity index (χ0) is 16.1. The number of nitrogens with zero attached hydrogens (tertiary/aromatic N) is 3. The molecule has 1 aromatic heterocycles. The number of aromatic nitrogens is 2. The minimum atomic E-state index is -0.420. The molecule has 5 heteroatoms. The second kappa shape index (κ2) is 7.42. The molecule has 2 heterocycles. The number of carbonyl (C=O) groups excluding carboxylic acids is 1. The lowest BCUT2D eigenvalue weighted by Crippen LogP contribution is -2.45. The van der Waals surface area contributed by atoms with Crippen molar-refractivity contribution >= 4 is 5.91 Å². The van der Waals surface area contributed by atoms with Crippen molar-refractivity contribution in [1.29, 1.82) is 0 Å². The second-order valence-electron chi connectivity index (χ2n) is 6.03. The number of amides is 1. The second-order valence-corrected chi connectivity index (χ2v) is 6.03. The van der Waals surface area contributed by atoms with Crippen molar-refractivity contribution in [1.82, 2.24) is 14.5 Å². The molecule has 1 fully saturated rings.